The van der Waals surface area contributed by atoms with Crippen molar-refractivity contribution in [1.82, 2.24) is 10.2 Å². The zero-order valence-electron chi connectivity index (χ0n) is 11.5. The van der Waals surface area contributed by atoms with Crippen LogP contribution in [0, 0.1) is 5.92 Å². The summed E-state index contributed by atoms with van der Waals surface area (Å²) in [5.41, 5.74) is 0. The highest BCUT2D eigenvalue weighted by molar-refractivity contribution is 4.82. The van der Waals surface area contributed by atoms with Crippen LogP contribution >= 0.6 is 0 Å². The molecule has 0 aromatic rings. The third kappa shape index (κ3) is 4.04. The van der Waals surface area contributed by atoms with E-state index in [0.717, 1.165) is 13.1 Å². The van der Waals surface area contributed by atoms with Crippen molar-refractivity contribution in [1.29, 1.82) is 0 Å². The van der Waals surface area contributed by atoms with Gasteiger partial charge in [-0.15, -0.1) is 0 Å². The number of ether oxygens (including phenoxy) is 1. The summed E-state index contributed by atoms with van der Waals surface area (Å²) in [6.45, 7) is 12.4. The first-order valence-corrected chi connectivity index (χ1v) is 6.54. The Kier molecular flexibility index (Phi) is 5.73. The number of rotatable bonds is 5. The van der Waals surface area contributed by atoms with Gasteiger partial charge >= 0.3 is 0 Å². The molecule has 1 rings (SSSR count). The maximum Gasteiger partial charge on any atom is 0.0724 e. The van der Waals surface area contributed by atoms with E-state index < -0.39 is 0 Å². The smallest absolute Gasteiger partial charge is 0.0724 e. The fourth-order valence-electron chi connectivity index (χ4n) is 2.30. The summed E-state index contributed by atoms with van der Waals surface area (Å²) < 4.78 is 5.55. The van der Waals surface area contributed by atoms with Crippen molar-refractivity contribution < 1.29 is 4.74 Å². The third-order valence-corrected chi connectivity index (χ3v) is 3.67. The van der Waals surface area contributed by atoms with Crippen molar-refractivity contribution in [3.8, 4) is 0 Å². The first-order chi connectivity index (χ1) is 7.54. The van der Waals surface area contributed by atoms with Gasteiger partial charge in [0, 0.05) is 32.3 Å². The van der Waals surface area contributed by atoms with Gasteiger partial charge in [-0.2, -0.15) is 0 Å². The lowest BCUT2D eigenvalue weighted by Crippen LogP contribution is -2.50. The first kappa shape index (κ1) is 13.9. The van der Waals surface area contributed by atoms with Crippen LogP contribution < -0.4 is 5.32 Å². The van der Waals surface area contributed by atoms with Gasteiger partial charge in [-0.05, 0) is 25.8 Å². The number of piperidine rings is 1. The molecule has 0 spiro atoms. The van der Waals surface area contributed by atoms with E-state index in [1.165, 1.54) is 13.0 Å². The summed E-state index contributed by atoms with van der Waals surface area (Å²) in [6, 6.07) is 1.18. The molecular formula is C13H28N2O. The van der Waals surface area contributed by atoms with E-state index in [1.807, 2.05) is 7.11 Å². The Morgan fingerprint density at radius 2 is 2.06 bits per heavy atom. The molecule has 0 aromatic carbocycles. The SMILES string of the molecule is COC1CN(C(C)CNC(C)C)CCC1C. The van der Waals surface area contributed by atoms with Crippen LogP contribution in [-0.2, 0) is 4.74 Å². The number of nitrogens with zero attached hydrogens (tertiary/aromatic N) is 1. The largest absolute Gasteiger partial charge is 0.380 e. The number of likely N-dealkylation sites (tertiary alicyclic amines) is 1. The van der Waals surface area contributed by atoms with Gasteiger partial charge in [-0.1, -0.05) is 20.8 Å². The molecule has 3 heteroatoms. The maximum absolute atomic E-state index is 5.55. The molecule has 3 unspecified atom stereocenters. The normalized spacial score (nSPS) is 29.6. The van der Waals surface area contributed by atoms with E-state index >= 15 is 0 Å². The molecule has 16 heavy (non-hydrogen) atoms. The van der Waals surface area contributed by atoms with Crippen molar-refractivity contribution >= 4 is 0 Å². The van der Waals surface area contributed by atoms with Gasteiger partial charge in [0.15, 0.2) is 0 Å². The first-order valence-electron chi connectivity index (χ1n) is 6.54. The molecular weight excluding hydrogens is 200 g/mol. The molecule has 3 atom stereocenters. The quantitative estimate of drug-likeness (QED) is 0.775. The van der Waals surface area contributed by atoms with E-state index in [4.69, 9.17) is 4.74 Å². The Hall–Kier alpha value is -0.120. The number of hydrogen-bond donors (Lipinski definition) is 1. The Bertz CT molecular complexity index is 196. The number of nitrogens with one attached hydrogen (secondary N) is 1. The summed E-state index contributed by atoms with van der Waals surface area (Å²) in [5.74, 6) is 0.700. The third-order valence-electron chi connectivity index (χ3n) is 3.67. The monoisotopic (exact) mass is 228 g/mol. The fourth-order valence-corrected chi connectivity index (χ4v) is 2.30. The summed E-state index contributed by atoms with van der Waals surface area (Å²) in [4.78, 5) is 2.55. The highest BCUT2D eigenvalue weighted by atomic mass is 16.5. The summed E-state index contributed by atoms with van der Waals surface area (Å²) in [7, 11) is 1.84. The second-order valence-corrected chi connectivity index (χ2v) is 5.45. The molecule has 0 bridgehead atoms. The van der Waals surface area contributed by atoms with Crippen molar-refractivity contribution in [3.63, 3.8) is 0 Å². The van der Waals surface area contributed by atoms with Crippen molar-refractivity contribution in [2.45, 2.75) is 52.3 Å². The van der Waals surface area contributed by atoms with Gasteiger partial charge in [0.05, 0.1) is 6.10 Å². The molecule has 0 saturated carbocycles. The van der Waals surface area contributed by atoms with E-state index in [1.54, 1.807) is 0 Å². The second-order valence-electron chi connectivity index (χ2n) is 5.45. The Morgan fingerprint density at radius 1 is 1.38 bits per heavy atom. The summed E-state index contributed by atoms with van der Waals surface area (Å²) in [6.07, 6.45) is 1.67. The van der Waals surface area contributed by atoms with Crippen LogP contribution in [0.5, 0.6) is 0 Å². The van der Waals surface area contributed by atoms with Crippen molar-refractivity contribution in [2.75, 3.05) is 26.7 Å². The molecule has 1 aliphatic heterocycles. The molecule has 1 saturated heterocycles. The van der Waals surface area contributed by atoms with E-state index in [-0.39, 0.29) is 0 Å². The minimum atomic E-state index is 0.412. The second kappa shape index (κ2) is 6.58. The number of methoxy groups -OCH3 is 1. The molecule has 0 amide bonds. The summed E-state index contributed by atoms with van der Waals surface area (Å²) in [5, 5.41) is 3.50. The van der Waals surface area contributed by atoms with E-state index in [2.05, 4.69) is 37.9 Å². The topological polar surface area (TPSA) is 24.5 Å². The molecule has 1 aliphatic rings. The van der Waals surface area contributed by atoms with Crippen LogP contribution in [0.1, 0.15) is 34.1 Å². The van der Waals surface area contributed by atoms with Gasteiger partial charge < -0.3 is 10.1 Å². The lowest BCUT2D eigenvalue weighted by Gasteiger charge is -2.39. The van der Waals surface area contributed by atoms with Crippen molar-refractivity contribution in [2.24, 2.45) is 5.92 Å². The Balaban J connectivity index is 2.36. The van der Waals surface area contributed by atoms with Crippen LogP contribution in [0.25, 0.3) is 0 Å². The molecule has 3 nitrogen and oxygen atoms in total. The lowest BCUT2D eigenvalue weighted by atomic mass is 9.95. The van der Waals surface area contributed by atoms with Crippen LogP contribution in [0.4, 0.5) is 0 Å². The Labute approximate surface area is 101 Å². The molecule has 0 radical (unpaired) electrons. The van der Waals surface area contributed by atoms with Crippen LogP contribution in [-0.4, -0.2) is 49.8 Å². The average molecular weight is 228 g/mol. The minimum absolute atomic E-state index is 0.412. The Morgan fingerprint density at radius 3 is 2.62 bits per heavy atom. The fraction of sp³-hybridized carbons (Fsp3) is 1.00. The maximum atomic E-state index is 5.55. The average Bonchev–Trinajstić information content (AvgIpc) is 2.26. The highest BCUT2D eigenvalue weighted by Crippen LogP contribution is 2.20. The van der Waals surface area contributed by atoms with E-state index in [0.29, 0.717) is 24.1 Å². The highest BCUT2D eigenvalue weighted by Gasteiger charge is 2.28. The minimum Gasteiger partial charge on any atom is -0.380 e. The van der Waals surface area contributed by atoms with Crippen molar-refractivity contribution in [3.05, 3.63) is 0 Å². The molecule has 0 aliphatic carbocycles. The molecule has 1 fully saturated rings. The van der Waals surface area contributed by atoms with E-state index in [9.17, 15) is 0 Å². The number of hydrogen-bond acceptors (Lipinski definition) is 3. The van der Waals surface area contributed by atoms with Gasteiger partial charge in [0.25, 0.3) is 0 Å². The molecule has 0 aromatic heterocycles. The van der Waals surface area contributed by atoms with Gasteiger partial charge in [0.2, 0.25) is 0 Å². The standard InChI is InChI=1S/C13H28N2O/c1-10(2)14-8-12(4)15-7-6-11(3)13(9-15)16-5/h10-14H,6-9H2,1-5H3. The van der Waals surface area contributed by atoms with Crippen LogP contribution in [0.2, 0.25) is 0 Å². The zero-order chi connectivity index (χ0) is 12.1. The molecule has 96 valence electrons. The van der Waals surface area contributed by atoms with Gasteiger partial charge in [-0.25, -0.2) is 0 Å². The zero-order valence-corrected chi connectivity index (χ0v) is 11.5. The predicted molar refractivity (Wildman–Crippen MR) is 68.8 cm³/mol. The van der Waals surface area contributed by atoms with Crippen LogP contribution in [0.3, 0.4) is 0 Å². The van der Waals surface area contributed by atoms with Crippen LogP contribution in [0.15, 0.2) is 0 Å². The lowest BCUT2D eigenvalue weighted by molar-refractivity contribution is -0.0166. The molecule has 1 N–H and O–H groups in total. The van der Waals surface area contributed by atoms with Gasteiger partial charge in [-0.3, -0.25) is 4.90 Å². The summed E-state index contributed by atoms with van der Waals surface area (Å²) >= 11 is 0. The molecule has 1 heterocycles. The van der Waals surface area contributed by atoms with Gasteiger partial charge in [0.1, 0.15) is 0 Å². The predicted octanol–water partition coefficient (Wildman–Crippen LogP) is 1.73.